The zero-order valence-electron chi connectivity index (χ0n) is 14.2. The number of aromatic nitrogens is 3. The largest absolute Gasteiger partial charge is 0.361 e. The van der Waals surface area contributed by atoms with Gasteiger partial charge in [0.15, 0.2) is 10.0 Å². The maximum Gasteiger partial charge on any atom is 0.279 e. The smallest absolute Gasteiger partial charge is 0.279 e. The first-order valence-corrected chi connectivity index (χ1v) is 9.46. The fourth-order valence-electron chi connectivity index (χ4n) is 1.94. The summed E-state index contributed by atoms with van der Waals surface area (Å²) in [6.45, 7) is 1.67. The molecule has 0 aliphatic rings. The average molecular weight is 420 g/mol. The van der Waals surface area contributed by atoms with E-state index >= 15 is 0 Å². The van der Waals surface area contributed by atoms with Crippen molar-refractivity contribution < 1.29 is 19.0 Å². The van der Waals surface area contributed by atoms with E-state index in [-0.39, 0.29) is 28.2 Å². The number of carbonyl (C=O) groups excluding carboxylic acids is 2. The van der Waals surface area contributed by atoms with Crippen LogP contribution in [0.5, 0.6) is 0 Å². The molecule has 0 radical (unpaired) electrons. The van der Waals surface area contributed by atoms with Gasteiger partial charge in [0, 0.05) is 23.9 Å². The molecule has 0 bridgehead atoms. The quantitative estimate of drug-likeness (QED) is 0.254. The van der Waals surface area contributed by atoms with Gasteiger partial charge in [0.25, 0.3) is 11.6 Å². The summed E-state index contributed by atoms with van der Waals surface area (Å²) in [5.41, 5.74) is 0.519. The first-order valence-electron chi connectivity index (χ1n) is 7.66. The van der Waals surface area contributed by atoms with Gasteiger partial charge in [0.05, 0.1) is 10.7 Å². The first-order chi connectivity index (χ1) is 13.4. The predicted molar refractivity (Wildman–Crippen MR) is 102 cm³/mol. The Balaban J connectivity index is 1.49. The fourth-order valence-corrected chi connectivity index (χ4v) is 3.49. The van der Waals surface area contributed by atoms with Gasteiger partial charge in [-0.05, 0) is 19.1 Å². The van der Waals surface area contributed by atoms with Crippen molar-refractivity contribution >= 4 is 51.4 Å². The number of amides is 2. The number of benzene rings is 1. The van der Waals surface area contributed by atoms with Gasteiger partial charge >= 0.3 is 0 Å². The van der Waals surface area contributed by atoms with E-state index < -0.39 is 10.8 Å². The normalized spacial score (nSPS) is 10.5. The lowest BCUT2D eigenvalue weighted by Crippen LogP contribution is -2.13. The van der Waals surface area contributed by atoms with Crippen LogP contribution in [-0.4, -0.2) is 37.8 Å². The number of rotatable bonds is 7. The standard InChI is InChI=1S/C15H12N6O5S2/c1-8-6-11(20-26-8)13(23)17-14-18-19-15(28-14)27-7-12(22)16-9-2-4-10(5-3-9)21(24)25/h2-6H,7H2,1H3,(H,16,22)(H,17,18,23). The van der Waals surface area contributed by atoms with Crippen LogP contribution in [0, 0.1) is 17.0 Å². The van der Waals surface area contributed by atoms with E-state index in [1.54, 1.807) is 6.92 Å². The molecule has 0 fully saturated rings. The Morgan fingerprint density at radius 3 is 2.64 bits per heavy atom. The number of carbonyl (C=O) groups is 2. The van der Waals surface area contributed by atoms with Gasteiger partial charge in [-0.3, -0.25) is 25.0 Å². The average Bonchev–Trinajstić information content (AvgIpc) is 3.29. The summed E-state index contributed by atoms with van der Waals surface area (Å²) in [6, 6.07) is 7.00. The third kappa shape index (κ3) is 5.11. The van der Waals surface area contributed by atoms with Crippen molar-refractivity contribution in [1.29, 1.82) is 0 Å². The van der Waals surface area contributed by atoms with Crippen LogP contribution < -0.4 is 10.6 Å². The molecule has 0 aliphatic carbocycles. The Labute approximate surface area is 165 Å². The molecule has 3 aromatic rings. The monoisotopic (exact) mass is 420 g/mol. The van der Waals surface area contributed by atoms with E-state index in [0.717, 1.165) is 23.1 Å². The molecule has 2 amide bonds. The molecule has 0 aliphatic heterocycles. The van der Waals surface area contributed by atoms with Gasteiger partial charge < -0.3 is 9.84 Å². The molecule has 0 saturated heterocycles. The van der Waals surface area contributed by atoms with Crippen molar-refractivity contribution in [2.24, 2.45) is 0 Å². The molecule has 11 nitrogen and oxygen atoms in total. The number of thioether (sulfide) groups is 1. The maximum atomic E-state index is 12.0. The van der Waals surface area contributed by atoms with Crippen LogP contribution in [0.25, 0.3) is 0 Å². The van der Waals surface area contributed by atoms with Crippen molar-refractivity contribution in [2.45, 2.75) is 11.3 Å². The number of nitro benzene ring substituents is 1. The summed E-state index contributed by atoms with van der Waals surface area (Å²) >= 11 is 2.25. The van der Waals surface area contributed by atoms with Crippen LogP contribution in [0.15, 0.2) is 39.2 Å². The highest BCUT2D eigenvalue weighted by atomic mass is 32.2. The van der Waals surface area contributed by atoms with Gasteiger partial charge in [-0.15, -0.1) is 10.2 Å². The zero-order chi connectivity index (χ0) is 20.1. The van der Waals surface area contributed by atoms with Gasteiger partial charge in [-0.2, -0.15) is 0 Å². The number of nitrogens with zero attached hydrogens (tertiary/aromatic N) is 4. The molecular formula is C15H12N6O5S2. The molecule has 0 saturated carbocycles. The summed E-state index contributed by atoms with van der Waals surface area (Å²) < 4.78 is 5.33. The highest BCUT2D eigenvalue weighted by molar-refractivity contribution is 8.01. The highest BCUT2D eigenvalue weighted by Gasteiger charge is 2.15. The minimum Gasteiger partial charge on any atom is -0.361 e. The van der Waals surface area contributed by atoms with Crippen molar-refractivity contribution in [3.8, 4) is 0 Å². The lowest BCUT2D eigenvalue weighted by molar-refractivity contribution is -0.384. The van der Waals surface area contributed by atoms with Crippen molar-refractivity contribution in [3.63, 3.8) is 0 Å². The Morgan fingerprint density at radius 1 is 1.25 bits per heavy atom. The first kappa shape index (κ1) is 19.4. The summed E-state index contributed by atoms with van der Waals surface area (Å²) in [5.74, 6) is -0.210. The van der Waals surface area contributed by atoms with E-state index in [1.807, 2.05) is 0 Å². The van der Waals surface area contributed by atoms with Gasteiger partial charge in [0.1, 0.15) is 5.76 Å². The van der Waals surface area contributed by atoms with Crippen LogP contribution >= 0.6 is 23.1 Å². The summed E-state index contributed by atoms with van der Waals surface area (Å²) in [5, 5.41) is 27.4. The SMILES string of the molecule is Cc1cc(C(=O)Nc2nnc(SCC(=O)Nc3ccc([N+](=O)[O-])cc3)s2)no1. The third-order valence-electron chi connectivity index (χ3n) is 3.18. The van der Waals surface area contributed by atoms with Gasteiger partial charge in [-0.1, -0.05) is 28.3 Å². The molecule has 2 aromatic heterocycles. The van der Waals surface area contributed by atoms with Crippen molar-refractivity contribution in [3.05, 3.63) is 51.9 Å². The molecular weight excluding hydrogens is 408 g/mol. The van der Waals surface area contributed by atoms with Crippen LogP contribution in [0.4, 0.5) is 16.5 Å². The van der Waals surface area contributed by atoms with Crippen molar-refractivity contribution in [2.75, 3.05) is 16.4 Å². The lowest BCUT2D eigenvalue weighted by Gasteiger charge is -2.03. The van der Waals surface area contributed by atoms with Crippen LogP contribution in [0.3, 0.4) is 0 Å². The molecule has 0 spiro atoms. The molecule has 28 heavy (non-hydrogen) atoms. The number of nitrogens with one attached hydrogen (secondary N) is 2. The summed E-state index contributed by atoms with van der Waals surface area (Å²) in [4.78, 5) is 34.0. The highest BCUT2D eigenvalue weighted by Crippen LogP contribution is 2.26. The molecule has 2 heterocycles. The van der Waals surface area contributed by atoms with Crippen LogP contribution in [0.1, 0.15) is 16.2 Å². The summed E-state index contributed by atoms with van der Waals surface area (Å²) in [7, 11) is 0. The fraction of sp³-hybridized carbons (Fsp3) is 0.133. The Kier molecular flexibility index (Phi) is 5.96. The number of hydrogen-bond acceptors (Lipinski definition) is 10. The number of hydrogen-bond donors (Lipinski definition) is 2. The Bertz CT molecular complexity index is 1020. The van der Waals surface area contributed by atoms with E-state index in [9.17, 15) is 19.7 Å². The molecule has 3 rings (SSSR count). The second-order valence-electron chi connectivity index (χ2n) is 5.29. The molecule has 144 valence electrons. The number of anilines is 2. The molecule has 2 N–H and O–H groups in total. The molecule has 0 unspecified atom stereocenters. The predicted octanol–water partition coefficient (Wildman–Crippen LogP) is 2.73. The minimum absolute atomic E-state index is 0.0576. The van der Waals surface area contributed by atoms with E-state index in [0.29, 0.717) is 15.8 Å². The second-order valence-corrected chi connectivity index (χ2v) is 7.49. The Morgan fingerprint density at radius 2 is 2.00 bits per heavy atom. The second kappa shape index (κ2) is 8.58. The maximum absolute atomic E-state index is 12.0. The topological polar surface area (TPSA) is 153 Å². The third-order valence-corrected chi connectivity index (χ3v) is 5.15. The molecule has 0 atom stereocenters. The van der Waals surface area contributed by atoms with E-state index in [1.165, 1.54) is 30.3 Å². The molecule has 1 aromatic carbocycles. The van der Waals surface area contributed by atoms with Crippen LogP contribution in [0.2, 0.25) is 0 Å². The Hall–Kier alpha value is -3.32. The van der Waals surface area contributed by atoms with E-state index in [2.05, 4.69) is 26.0 Å². The zero-order valence-corrected chi connectivity index (χ0v) is 15.9. The van der Waals surface area contributed by atoms with Crippen molar-refractivity contribution in [1.82, 2.24) is 15.4 Å². The molecule has 13 heteroatoms. The van der Waals surface area contributed by atoms with Crippen LogP contribution in [-0.2, 0) is 4.79 Å². The van der Waals surface area contributed by atoms with Gasteiger partial charge in [0.2, 0.25) is 11.0 Å². The minimum atomic E-state index is -0.517. The number of nitro groups is 1. The number of non-ortho nitro benzene ring substituents is 1. The lowest BCUT2D eigenvalue weighted by atomic mass is 10.3. The summed E-state index contributed by atoms with van der Waals surface area (Å²) in [6.07, 6.45) is 0. The van der Waals surface area contributed by atoms with Gasteiger partial charge in [-0.25, -0.2) is 0 Å². The number of aryl methyl sites for hydroxylation is 1. The van der Waals surface area contributed by atoms with E-state index in [4.69, 9.17) is 4.52 Å².